The molecule has 2 rings (SSSR count). The fourth-order valence-electron chi connectivity index (χ4n) is 2.76. The summed E-state index contributed by atoms with van der Waals surface area (Å²) in [5.74, 6) is -0.170. The number of methoxy groups -OCH3 is 1. The largest absolute Gasteiger partial charge is 0.469 e. The molecule has 1 heterocycles. The zero-order valence-corrected chi connectivity index (χ0v) is 12.8. The number of nitrogens with one attached hydrogen (secondary N) is 1. The number of carbonyl (C=O) groups excluding carboxylic acids is 2. The Kier molecular flexibility index (Phi) is 4.96. The van der Waals surface area contributed by atoms with Gasteiger partial charge in [0.05, 0.1) is 19.6 Å². The second kappa shape index (κ2) is 6.72. The number of ether oxygens (including phenoxy) is 1. The van der Waals surface area contributed by atoms with Crippen molar-refractivity contribution in [3.63, 3.8) is 0 Å². The number of likely N-dealkylation sites (tertiary alicyclic amines) is 1. The van der Waals surface area contributed by atoms with Crippen LogP contribution in [0.1, 0.15) is 12.5 Å². The Hall–Kier alpha value is -1.88. The number of hydrogen-bond donors (Lipinski definition) is 1. The molecule has 1 saturated heterocycles. The first-order chi connectivity index (χ1) is 10.0. The summed E-state index contributed by atoms with van der Waals surface area (Å²) in [4.78, 5) is 25.7. The van der Waals surface area contributed by atoms with Gasteiger partial charge in [-0.3, -0.25) is 14.5 Å². The maximum Gasteiger partial charge on any atom is 0.310 e. The van der Waals surface area contributed by atoms with Gasteiger partial charge in [-0.15, -0.1) is 0 Å². The van der Waals surface area contributed by atoms with Gasteiger partial charge in [-0.1, -0.05) is 25.1 Å². The minimum atomic E-state index is -0.190. The van der Waals surface area contributed by atoms with Crippen molar-refractivity contribution in [1.29, 1.82) is 0 Å². The molecule has 0 radical (unpaired) electrons. The van der Waals surface area contributed by atoms with Gasteiger partial charge in [0.1, 0.15) is 0 Å². The van der Waals surface area contributed by atoms with Crippen molar-refractivity contribution in [3.8, 4) is 0 Å². The van der Waals surface area contributed by atoms with Crippen LogP contribution in [0.15, 0.2) is 24.3 Å². The summed E-state index contributed by atoms with van der Waals surface area (Å²) >= 11 is 0. The third kappa shape index (κ3) is 3.82. The number of hydrogen-bond acceptors (Lipinski definition) is 4. The lowest BCUT2D eigenvalue weighted by Crippen LogP contribution is -2.32. The predicted octanol–water partition coefficient (Wildman–Crippen LogP) is 1.67. The highest BCUT2D eigenvalue weighted by Gasteiger charge is 2.36. The zero-order valence-electron chi connectivity index (χ0n) is 12.8. The summed E-state index contributed by atoms with van der Waals surface area (Å²) in [5, 5.41) is 2.91. The van der Waals surface area contributed by atoms with E-state index in [-0.39, 0.29) is 23.7 Å². The van der Waals surface area contributed by atoms with Crippen molar-refractivity contribution in [2.24, 2.45) is 11.8 Å². The number of carbonyl (C=O) groups is 2. The third-order valence-corrected chi connectivity index (χ3v) is 3.98. The normalized spacial score (nSPS) is 22.0. The van der Waals surface area contributed by atoms with Gasteiger partial charge in [-0.05, 0) is 24.5 Å². The number of amides is 1. The lowest BCUT2D eigenvalue weighted by atomic mass is 9.99. The highest BCUT2D eigenvalue weighted by Crippen LogP contribution is 2.24. The van der Waals surface area contributed by atoms with E-state index in [2.05, 4.69) is 5.32 Å². The van der Waals surface area contributed by atoms with Crippen LogP contribution < -0.4 is 5.32 Å². The first-order valence-electron chi connectivity index (χ1n) is 7.17. The molecule has 1 N–H and O–H groups in total. The average Bonchev–Trinajstić information content (AvgIpc) is 2.81. The van der Waals surface area contributed by atoms with Crippen LogP contribution in [0.25, 0.3) is 0 Å². The molecular weight excluding hydrogens is 268 g/mol. The second-order valence-corrected chi connectivity index (χ2v) is 5.66. The molecule has 1 aromatic rings. The maximum atomic E-state index is 12.1. The molecule has 0 spiro atoms. The minimum Gasteiger partial charge on any atom is -0.469 e. The minimum absolute atomic E-state index is 0.0537. The van der Waals surface area contributed by atoms with E-state index in [0.29, 0.717) is 13.1 Å². The maximum absolute atomic E-state index is 12.1. The number of aryl methyl sites for hydroxylation is 1. The van der Waals surface area contributed by atoms with Crippen LogP contribution in [0.3, 0.4) is 0 Å². The van der Waals surface area contributed by atoms with Crippen molar-refractivity contribution >= 4 is 17.6 Å². The molecule has 2 atom stereocenters. The summed E-state index contributed by atoms with van der Waals surface area (Å²) in [5.41, 5.74) is 1.87. The molecule has 5 heteroatoms. The number of rotatable bonds is 4. The molecule has 1 aliphatic heterocycles. The fraction of sp³-hybridized carbons (Fsp3) is 0.500. The molecule has 2 unspecified atom stereocenters. The van der Waals surface area contributed by atoms with E-state index in [4.69, 9.17) is 4.74 Å². The first kappa shape index (κ1) is 15.5. The van der Waals surface area contributed by atoms with Gasteiger partial charge in [0.2, 0.25) is 5.91 Å². The van der Waals surface area contributed by atoms with Gasteiger partial charge in [-0.2, -0.15) is 0 Å². The molecule has 1 aliphatic rings. The van der Waals surface area contributed by atoms with Crippen LogP contribution in [0, 0.1) is 18.8 Å². The molecule has 5 nitrogen and oxygen atoms in total. The van der Waals surface area contributed by atoms with E-state index in [1.54, 1.807) is 0 Å². The average molecular weight is 290 g/mol. The number of anilines is 1. The van der Waals surface area contributed by atoms with Crippen molar-refractivity contribution in [2.45, 2.75) is 13.8 Å². The van der Waals surface area contributed by atoms with E-state index in [9.17, 15) is 9.59 Å². The molecule has 21 heavy (non-hydrogen) atoms. The Morgan fingerprint density at radius 2 is 2.05 bits per heavy atom. The van der Waals surface area contributed by atoms with Crippen LogP contribution in [-0.4, -0.2) is 43.5 Å². The van der Waals surface area contributed by atoms with Gasteiger partial charge in [0.25, 0.3) is 0 Å². The second-order valence-electron chi connectivity index (χ2n) is 5.66. The molecule has 0 aliphatic carbocycles. The molecule has 0 saturated carbocycles. The molecule has 0 bridgehead atoms. The molecule has 1 amide bonds. The third-order valence-electron chi connectivity index (χ3n) is 3.98. The van der Waals surface area contributed by atoms with Crippen molar-refractivity contribution in [2.75, 3.05) is 32.1 Å². The monoisotopic (exact) mass is 290 g/mol. The number of esters is 1. The SMILES string of the molecule is COC(=O)C1CN(CC(=O)Nc2ccccc2C)CC1C. The van der Waals surface area contributed by atoms with E-state index >= 15 is 0 Å². The first-order valence-corrected chi connectivity index (χ1v) is 7.17. The van der Waals surface area contributed by atoms with Crippen molar-refractivity contribution < 1.29 is 14.3 Å². The number of benzene rings is 1. The van der Waals surface area contributed by atoms with Gasteiger partial charge < -0.3 is 10.1 Å². The molecule has 1 aromatic carbocycles. The lowest BCUT2D eigenvalue weighted by molar-refractivity contribution is -0.146. The Bertz CT molecular complexity index is 530. The molecule has 1 fully saturated rings. The van der Waals surface area contributed by atoms with Gasteiger partial charge in [-0.25, -0.2) is 0 Å². The summed E-state index contributed by atoms with van der Waals surface area (Å²) in [7, 11) is 1.41. The quantitative estimate of drug-likeness (QED) is 0.857. The van der Waals surface area contributed by atoms with E-state index in [1.165, 1.54) is 7.11 Å². The number of para-hydroxylation sites is 1. The highest BCUT2D eigenvalue weighted by atomic mass is 16.5. The van der Waals surface area contributed by atoms with Gasteiger partial charge in [0.15, 0.2) is 0 Å². The summed E-state index contributed by atoms with van der Waals surface area (Å²) in [6, 6.07) is 7.68. The molecule has 0 aromatic heterocycles. The van der Waals surface area contributed by atoms with Crippen molar-refractivity contribution in [1.82, 2.24) is 4.90 Å². The fourth-order valence-corrected chi connectivity index (χ4v) is 2.76. The summed E-state index contributed by atoms with van der Waals surface area (Å²) in [6.07, 6.45) is 0. The van der Waals surface area contributed by atoms with Crippen LogP contribution in [0.5, 0.6) is 0 Å². The topological polar surface area (TPSA) is 58.6 Å². The number of nitrogens with zero attached hydrogens (tertiary/aromatic N) is 1. The van der Waals surface area contributed by atoms with E-state index < -0.39 is 0 Å². The summed E-state index contributed by atoms with van der Waals surface area (Å²) < 4.78 is 4.80. The zero-order chi connectivity index (χ0) is 15.4. The molecule has 114 valence electrons. The molecular formula is C16H22N2O3. The van der Waals surface area contributed by atoms with Crippen LogP contribution in [0.2, 0.25) is 0 Å². The smallest absolute Gasteiger partial charge is 0.310 e. The van der Waals surface area contributed by atoms with Gasteiger partial charge in [0, 0.05) is 18.8 Å². The van der Waals surface area contributed by atoms with E-state index in [1.807, 2.05) is 43.0 Å². The Morgan fingerprint density at radius 3 is 2.71 bits per heavy atom. The summed E-state index contributed by atoms with van der Waals surface area (Å²) in [6.45, 7) is 5.59. The Balaban J connectivity index is 1.90. The van der Waals surface area contributed by atoms with Crippen molar-refractivity contribution in [3.05, 3.63) is 29.8 Å². The van der Waals surface area contributed by atoms with E-state index in [0.717, 1.165) is 17.8 Å². The van der Waals surface area contributed by atoms with Crippen LogP contribution in [-0.2, 0) is 14.3 Å². The lowest BCUT2D eigenvalue weighted by Gasteiger charge is -2.15. The predicted molar refractivity (Wildman–Crippen MR) is 80.9 cm³/mol. The highest BCUT2D eigenvalue weighted by molar-refractivity contribution is 5.93. The van der Waals surface area contributed by atoms with Gasteiger partial charge >= 0.3 is 5.97 Å². The van der Waals surface area contributed by atoms with Crippen LogP contribution in [0.4, 0.5) is 5.69 Å². The van der Waals surface area contributed by atoms with Crippen LogP contribution >= 0.6 is 0 Å². The Labute approximate surface area is 125 Å². The standard InChI is InChI=1S/C16H22N2O3/c1-11-6-4-5-7-14(11)17-15(19)10-18-8-12(2)13(9-18)16(20)21-3/h4-7,12-13H,8-10H2,1-3H3,(H,17,19). The Morgan fingerprint density at radius 1 is 1.33 bits per heavy atom.